The first kappa shape index (κ1) is 13.8. The van der Waals surface area contributed by atoms with Gasteiger partial charge in [0.15, 0.2) is 0 Å². The van der Waals surface area contributed by atoms with Crippen molar-refractivity contribution >= 4 is 0 Å². The summed E-state index contributed by atoms with van der Waals surface area (Å²) in [7, 11) is 2.25. The number of nitrogens with zero attached hydrogens (tertiary/aromatic N) is 1. The molecule has 2 saturated carbocycles. The summed E-state index contributed by atoms with van der Waals surface area (Å²) >= 11 is 0. The summed E-state index contributed by atoms with van der Waals surface area (Å²) in [6.07, 6.45) is 13.5. The molecule has 3 unspecified atom stereocenters. The van der Waals surface area contributed by atoms with Gasteiger partial charge in [0.2, 0.25) is 0 Å². The highest BCUT2D eigenvalue weighted by Crippen LogP contribution is 2.43. The van der Waals surface area contributed by atoms with Crippen LogP contribution >= 0.6 is 0 Å². The summed E-state index contributed by atoms with van der Waals surface area (Å²) < 4.78 is 6.42. The second-order valence-corrected chi connectivity index (χ2v) is 7.12. The Morgan fingerprint density at radius 1 is 1.05 bits per heavy atom. The van der Waals surface area contributed by atoms with Gasteiger partial charge in [-0.05, 0) is 45.6 Å². The lowest BCUT2D eigenvalue weighted by Crippen LogP contribution is -2.50. The quantitative estimate of drug-likeness (QED) is 0.853. The molecule has 3 heteroatoms. The fourth-order valence-electron chi connectivity index (χ4n) is 4.56. The van der Waals surface area contributed by atoms with Gasteiger partial charge in [0.25, 0.3) is 0 Å². The average molecular weight is 266 g/mol. The van der Waals surface area contributed by atoms with Crippen LogP contribution in [0.3, 0.4) is 0 Å². The molecule has 3 nitrogen and oxygen atoms in total. The highest BCUT2D eigenvalue weighted by molar-refractivity contribution is 4.94. The molecule has 3 fully saturated rings. The molecular weight excluding hydrogens is 236 g/mol. The number of ether oxygens (including phenoxy) is 1. The van der Waals surface area contributed by atoms with E-state index >= 15 is 0 Å². The minimum atomic E-state index is 0.278. The summed E-state index contributed by atoms with van der Waals surface area (Å²) in [5.74, 6) is 0. The van der Waals surface area contributed by atoms with Crippen LogP contribution < -0.4 is 5.73 Å². The van der Waals surface area contributed by atoms with Crippen LogP contribution in [0.2, 0.25) is 0 Å². The Balaban J connectivity index is 1.51. The molecule has 1 spiro atoms. The lowest BCUT2D eigenvalue weighted by atomic mass is 9.90. The monoisotopic (exact) mass is 266 g/mol. The van der Waals surface area contributed by atoms with E-state index in [2.05, 4.69) is 11.9 Å². The van der Waals surface area contributed by atoms with E-state index in [1.54, 1.807) is 0 Å². The van der Waals surface area contributed by atoms with E-state index in [-0.39, 0.29) is 5.60 Å². The second-order valence-electron chi connectivity index (χ2n) is 7.12. The largest absolute Gasteiger partial charge is 0.370 e. The van der Waals surface area contributed by atoms with Crippen molar-refractivity contribution in [2.45, 2.75) is 88.0 Å². The summed E-state index contributed by atoms with van der Waals surface area (Å²) in [6.45, 7) is 1.08. The molecule has 0 amide bonds. The zero-order valence-corrected chi connectivity index (χ0v) is 12.4. The lowest BCUT2D eigenvalue weighted by molar-refractivity contribution is -0.0504. The molecule has 1 heterocycles. The summed E-state index contributed by atoms with van der Waals surface area (Å²) in [4.78, 5) is 2.49. The third-order valence-electron chi connectivity index (χ3n) is 5.69. The van der Waals surface area contributed by atoms with Gasteiger partial charge in [-0.15, -0.1) is 0 Å². The van der Waals surface area contributed by atoms with Gasteiger partial charge in [0.1, 0.15) is 0 Å². The van der Waals surface area contributed by atoms with Crippen molar-refractivity contribution in [2.75, 3.05) is 13.6 Å². The SMILES string of the molecule is CN(CC1CCC2(CCCC2)O1)C1CCCCC1N. The van der Waals surface area contributed by atoms with Gasteiger partial charge < -0.3 is 10.5 Å². The van der Waals surface area contributed by atoms with Gasteiger partial charge in [-0.1, -0.05) is 25.7 Å². The van der Waals surface area contributed by atoms with Crippen LogP contribution in [0, 0.1) is 0 Å². The van der Waals surface area contributed by atoms with E-state index in [9.17, 15) is 0 Å². The number of likely N-dealkylation sites (N-methyl/N-ethyl adjacent to an activating group) is 1. The number of hydrogen-bond donors (Lipinski definition) is 1. The standard InChI is InChI=1S/C16H30N2O/c1-18(15-7-3-2-6-14(15)17)12-13-8-11-16(19-13)9-4-5-10-16/h13-15H,2-12,17H2,1H3. The third kappa shape index (κ3) is 2.98. The molecule has 0 aromatic rings. The minimum absolute atomic E-state index is 0.278. The van der Waals surface area contributed by atoms with E-state index in [1.807, 2.05) is 0 Å². The molecule has 2 N–H and O–H groups in total. The fraction of sp³-hybridized carbons (Fsp3) is 1.00. The molecule has 0 bridgehead atoms. The first-order chi connectivity index (χ1) is 9.19. The predicted octanol–water partition coefficient (Wildman–Crippen LogP) is 2.68. The summed E-state index contributed by atoms with van der Waals surface area (Å²) in [6, 6.07) is 0.957. The van der Waals surface area contributed by atoms with Crippen molar-refractivity contribution in [2.24, 2.45) is 5.73 Å². The molecule has 0 aromatic heterocycles. The fourth-order valence-corrected chi connectivity index (χ4v) is 4.56. The Bertz CT molecular complexity index is 301. The van der Waals surface area contributed by atoms with E-state index in [4.69, 9.17) is 10.5 Å². The minimum Gasteiger partial charge on any atom is -0.370 e. The van der Waals surface area contributed by atoms with Crippen molar-refractivity contribution in [3.63, 3.8) is 0 Å². The van der Waals surface area contributed by atoms with Crippen molar-refractivity contribution in [1.82, 2.24) is 4.90 Å². The summed E-state index contributed by atoms with van der Waals surface area (Å²) in [5.41, 5.74) is 6.57. The average Bonchev–Trinajstić information content (AvgIpc) is 3.01. The molecule has 3 aliphatic rings. The molecule has 1 saturated heterocycles. The van der Waals surface area contributed by atoms with E-state index in [1.165, 1.54) is 64.2 Å². The summed E-state index contributed by atoms with van der Waals surface area (Å²) in [5, 5.41) is 0. The van der Waals surface area contributed by atoms with Crippen molar-refractivity contribution in [3.8, 4) is 0 Å². The molecule has 0 aromatic carbocycles. The molecule has 2 aliphatic carbocycles. The molecule has 3 atom stereocenters. The Kier molecular flexibility index (Phi) is 4.16. The Morgan fingerprint density at radius 3 is 2.53 bits per heavy atom. The zero-order valence-electron chi connectivity index (χ0n) is 12.4. The van der Waals surface area contributed by atoms with Crippen LogP contribution in [-0.2, 0) is 4.74 Å². The first-order valence-corrected chi connectivity index (χ1v) is 8.32. The van der Waals surface area contributed by atoms with Crippen LogP contribution in [0.4, 0.5) is 0 Å². The maximum Gasteiger partial charge on any atom is 0.0710 e. The molecule has 110 valence electrons. The van der Waals surface area contributed by atoms with Crippen molar-refractivity contribution in [1.29, 1.82) is 0 Å². The molecular formula is C16H30N2O. The van der Waals surface area contributed by atoms with E-state index in [0.717, 1.165) is 6.54 Å². The maximum atomic E-state index is 6.42. The van der Waals surface area contributed by atoms with Crippen LogP contribution in [0.1, 0.15) is 64.2 Å². The molecule has 1 aliphatic heterocycles. The van der Waals surface area contributed by atoms with Gasteiger partial charge in [0.05, 0.1) is 11.7 Å². The number of hydrogen-bond acceptors (Lipinski definition) is 3. The smallest absolute Gasteiger partial charge is 0.0710 e. The highest BCUT2D eigenvalue weighted by Gasteiger charge is 2.42. The Hall–Kier alpha value is -0.120. The van der Waals surface area contributed by atoms with E-state index < -0.39 is 0 Å². The van der Waals surface area contributed by atoms with E-state index in [0.29, 0.717) is 18.2 Å². The maximum absolute atomic E-state index is 6.42. The predicted molar refractivity (Wildman–Crippen MR) is 78.2 cm³/mol. The second kappa shape index (κ2) is 5.71. The number of nitrogens with two attached hydrogens (primary N) is 1. The van der Waals surface area contributed by atoms with Crippen molar-refractivity contribution < 1.29 is 4.74 Å². The number of rotatable bonds is 3. The van der Waals surface area contributed by atoms with Gasteiger partial charge in [-0.2, -0.15) is 0 Å². The van der Waals surface area contributed by atoms with Crippen LogP contribution in [0.5, 0.6) is 0 Å². The van der Waals surface area contributed by atoms with Crippen LogP contribution in [-0.4, -0.2) is 42.3 Å². The van der Waals surface area contributed by atoms with Crippen LogP contribution in [0.15, 0.2) is 0 Å². The third-order valence-corrected chi connectivity index (χ3v) is 5.69. The first-order valence-electron chi connectivity index (χ1n) is 8.32. The Morgan fingerprint density at radius 2 is 1.79 bits per heavy atom. The van der Waals surface area contributed by atoms with Gasteiger partial charge in [-0.3, -0.25) is 4.90 Å². The molecule has 0 radical (unpaired) electrons. The van der Waals surface area contributed by atoms with Crippen LogP contribution in [0.25, 0.3) is 0 Å². The topological polar surface area (TPSA) is 38.5 Å². The molecule has 19 heavy (non-hydrogen) atoms. The lowest BCUT2D eigenvalue weighted by Gasteiger charge is -2.37. The molecule has 3 rings (SSSR count). The van der Waals surface area contributed by atoms with Gasteiger partial charge in [0, 0.05) is 18.6 Å². The van der Waals surface area contributed by atoms with Gasteiger partial charge in [-0.25, -0.2) is 0 Å². The normalized spacial score (nSPS) is 38.4. The Labute approximate surface area is 117 Å². The zero-order chi connectivity index (χ0) is 13.3. The highest BCUT2D eigenvalue weighted by atomic mass is 16.5. The van der Waals surface area contributed by atoms with Gasteiger partial charge >= 0.3 is 0 Å². The van der Waals surface area contributed by atoms with Crippen molar-refractivity contribution in [3.05, 3.63) is 0 Å².